The third-order valence-corrected chi connectivity index (χ3v) is 4.81. The molecule has 0 aromatic carbocycles. The van der Waals surface area contributed by atoms with Gasteiger partial charge in [0.25, 0.3) is 6.43 Å². The van der Waals surface area contributed by atoms with E-state index in [1.807, 2.05) is 6.92 Å². The van der Waals surface area contributed by atoms with Crippen molar-refractivity contribution in [1.29, 1.82) is 0 Å². The minimum Gasteiger partial charge on any atom is -0.390 e. The summed E-state index contributed by atoms with van der Waals surface area (Å²) in [6.45, 7) is 1.84. The summed E-state index contributed by atoms with van der Waals surface area (Å²) in [6.07, 6.45) is 3.40. The Labute approximate surface area is 150 Å². The van der Waals surface area contributed by atoms with Crippen LogP contribution in [0.2, 0.25) is 5.15 Å². The number of pyridine rings is 2. The molecule has 0 bridgehead atoms. The number of hydrogen-bond acceptors (Lipinski definition) is 4. The highest BCUT2D eigenvalue weighted by molar-refractivity contribution is 6.29. The van der Waals surface area contributed by atoms with Gasteiger partial charge in [-0.25, -0.2) is 13.8 Å². The smallest absolute Gasteiger partial charge is 0.263 e. The Morgan fingerprint density at radius 3 is 2.68 bits per heavy atom. The Hall–Kier alpha value is -1.79. The topological polar surface area (TPSA) is 58.0 Å². The second-order valence-corrected chi connectivity index (χ2v) is 7.13. The summed E-state index contributed by atoms with van der Waals surface area (Å²) >= 11 is 6.02. The molecule has 0 amide bonds. The highest BCUT2D eigenvalue weighted by Gasteiger charge is 2.29. The van der Waals surface area contributed by atoms with E-state index in [4.69, 9.17) is 11.6 Å². The molecule has 1 aliphatic carbocycles. The van der Waals surface area contributed by atoms with E-state index in [-0.39, 0.29) is 11.6 Å². The third-order valence-electron chi connectivity index (χ3n) is 4.60. The summed E-state index contributed by atoms with van der Waals surface area (Å²) in [5.41, 5.74) is 1.06. The van der Waals surface area contributed by atoms with Crippen molar-refractivity contribution >= 4 is 17.3 Å². The monoisotopic (exact) mass is 367 g/mol. The van der Waals surface area contributed by atoms with Crippen LogP contribution >= 0.6 is 11.6 Å². The number of halogens is 3. The lowest BCUT2D eigenvalue weighted by atomic mass is 9.83. The summed E-state index contributed by atoms with van der Waals surface area (Å²) in [5, 5.41) is 13.8. The van der Waals surface area contributed by atoms with Crippen LogP contribution in [0.25, 0.3) is 11.3 Å². The number of nitrogens with zero attached hydrogens (tertiary/aromatic N) is 2. The average Bonchev–Trinajstić information content (AvgIpc) is 2.57. The Bertz CT molecular complexity index is 745. The van der Waals surface area contributed by atoms with Gasteiger partial charge in [-0.1, -0.05) is 11.6 Å². The molecule has 0 radical (unpaired) electrons. The van der Waals surface area contributed by atoms with E-state index in [1.165, 1.54) is 18.3 Å². The SMILES string of the molecule is CC1(O)CCC(Nc2cc(Cl)ncc2-c2cc(C(F)F)ccn2)CC1. The number of anilines is 1. The summed E-state index contributed by atoms with van der Waals surface area (Å²) in [5.74, 6) is 0. The lowest BCUT2D eigenvalue weighted by molar-refractivity contribution is 0.0196. The number of alkyl halides is 2. The van der Waals surface area contributed by atoms with Gasteiger partial charge in [0.2, 0.25) is 0 Å². The van der Waals surface area contributed by atoms with Crippen molar-refractivity contribution in [1.82, 2.24) is 9.97 Å². The normalized spacial score (nSPS) is 23.7. The van der Waals surface area contributed by atoms with E-state index in [0.717, 1.165) is 12.8 Å². The van der Waals surface area contributed by atoms with Crippen LogP contribution in [0.5, 0.6) is 0 Å². The average molecular weight is 368 g/mol. The Balaban J connectivity index is 1.87. The molecule has 2 N–H and O–H groups in total. The van der Waals surface area contributed by atoms with E-state index in [1.54, 1.807) is 12.3 Å². The summed E-state index contributed by atoms with van der Waals surface area (Å²) in [6, 6.07) is 4.52. The summed E-state index contributed by atoms with van der Waals surface area (Å²) < 4.78 is 25.9. The standard InChI is InChI=1S/C18H20ClF2N3O/c1-18(25)5-2-12(3-6-18)24-15-9-16(19)23-10-13(15)14-8-11(17(20)21)4-7-22-14/h4,7-10,12,17,25H,2-3,5-6H2,1H3,(H,23,24). The van der Waals surface area contributed by atoms with Crippen molar-refractivity contribution < 1.29 is 13.9 Å². The van der Waals surface area contributed by atoms with Crippen LogP contribution in [0.15, 0.2) is 30.6 Å². The zero-order valence-electron chi connectivity index (χ0n) is 13.8. The van der Waals surface area contributed by atoms with E-state index >= 15 is 0 Å². The van der Waals surface area contributed by atoms with Crippen LogP contribution in [-0.4, -0.2) is 26.7 Å². The molecule has 0 spiro atoms. The first kappa shape index (κ1) is 18.0. The van der Waals surface area contributed by atoms with E-state index in [0.29, 0.717) is 34.9 Å². The maximum Gasteiger partial charge on any atom is 0.263 e. The molecule has 3 rings (SSSR count). The van der Waals surface area contributed by atoms with Gasteiger partial charge >= 0.3 is 0 Å². The lowest BCUT2D eigenvalue weighted by Gasteiger charge is -2.34. The van der Waals surface area contributed by atoms with Crippen LogP contribution in [0, 0.1) is 0 Å². The first-order valence-electron chi connectivity index (χ1n) is 8.23. The Morgan fingerprint density at radius 1 is 1.28 bits per heavy atom. The summed E-state index contributed by atoms with van der Waals surface area (Å²) in [7, 11) is 0. The van der Waals surface area contributed by atoms with Gasteiger partial charge in [0.05, 0.1) is 11.3 Å². The van der Waals surface area contributed by atoms with Gasteiger partial charge in [-0.2, -0.15) is 0 Å². The fourth-order valence-corrected chi connectivity index (χ4v) is 3.25. The predicted molar refractivity (Wildman–Crippen MR) is 93.9 cm³/mol. The lowest BCUT2D eigenvalue weighted by Crippen LogP contribution is -2.35. The molecule has 2 aromatic heterocycles. The highest BCUT2D eigenvalue weighted by atomic mass is 35.5. The van der Waals surface area contributed by atoms with Crippen LogP contribution in [0.1, 0.15) is 44.6 Å². The van der Waals surface area contributed by atoms with Crippen molar-refractivity contribution in [2.24, 2.45) is 0 Å². The molecule has 1 saturated carbocycles. The van der Waals surface area contributed by atoms with Crippen molar-refractivity contribution in [3.05, 3.63) is 41.3 Å². The first-order chi connectivity index (χ1) is 11.8. The predicted octanol–water partition coefficient (Wildman–Crippen LogP) is 4.84. The second kappa shape index (κ2) is 7.22. The molecule has 4 nitrogen and oxygen atoms in total. The van der Waals surface area contributed by atoms with Gasteiger partial charge < -0.3 is 10.4 Å². The Morgan fingerprint density at radius 2 is 2.00 bits per heavy atom. The zero-order valence-corrected chi connectivity index (χ0v) is 14.6. The largest absolute Gasteiger partial charge is 0.390 e. The van der Waals surface area contributed by atoms with Crippen LogP contribution < -0.4 is 5.32 Å². The zero-order chi connectivity index (χ0) is 18.0. The van der Waals surface area contributed by atoms with Crippen molar-refractivity contribution in [2.45, 2.75) is 50.7 Å². The second-order valence-electron chi connectivity index (χ2n) is 6.74. The fourth-order valence-electron chi connectivity index (χ4n) is 3.09. The molecule has 2 heterocycles. The molecule has 1 fully saturated rings. The van der Waals surface area contributed by atoms with E-state index in [2.05, 4.69) is 15.3 Å². The fraction of sp³-hybridized carbons (Fsp3) is 0.444. The summed E-state index contributed by atoms with van der Waals surface area (Å²) in [4.78, 5) is 8.27. The molecule has 0 saturated heterocycles. The number of hydrogen-bond donors (Lipinski definition) is 2. The number of nitrogens with one attached hydrogen (secondary N) is 1. The highest BCUT2D eigenvalue weighted by Crippen LogP contribution is 2.34. The van der Waals surface area contributed by atoms with Crippen molar-refractivity contribution in [3.63, 3.8) is 0 Å². The van der Waals surface area contributed by atoms with Crippen LogP contribution in [0.4, 0.5) is 14.5 Å². The number of aliphatic hydroxyl groups is 1. The Kier molecular flexibility index (Phi) is 5.20. The van der Waals surface area contributed by atoms with E-state index < -0.39 is 12.0 Å². The maximum absolute atomic E-state index is 13.0. The molecule has 0 unspecified atom stereocenters. The number of rotatable bonds is 4. The molecule has 0 atom stereocenters. The van der Waals surface area contributed by atoms with Gasteiger partial charge in [0, 0.05) is 35.2 Å². The molecular weight excluding hydrogens is 348 g/mol. The maximum atomic E-state index is 13.0. The van der Waals surface area contributed by atoms with E-state index in [9.17, 15) is 13.9 Å². The molecule has 2 aromatic rings. The van der Waals surface area contributed by atoms with Crippen LogP contribution in [0.3, 0.4) is 0 Å². The van der Waals surface area contributed by atoms with Crippen molar-refractivity contribution in [3.8, 4) is 11.3 Å². The minimum absolute atomic E-state index is 0.0837. The molecule has 0 aliphatic heterocycles. The molecule has 25 heavy (non-hydrogen) atoms. The quantitative estimate of drug-likeness (QED) is 0.759. The minimum atomic E-state index is -2.56. The van der Waals surface area contributed by atoms with Gasteiger partial charge in [0.15, 0.2) is 0 Å². The van der Waals surface area contributed by atoms with Gasteiger partial charge in [-0.15, -0.1) is 0 Å². The number of aromatic nitrogens is 2. The molecule has 134 valence electrons. The molecule has 7 heteroatoms. The molecular formula is C18H20ClF2N3O. The van der Waals surface area contributed by atoms with Crippen LogP contribution in [-0.2, 0) is 0 Å². The molecule has 1 aliphatic rings. The van der Waals surface area contributed by atoms with Gasteiger partial charge in [-0.3, -0.25) is 4.98 Å². The van der Waals surface area contributed by atoms with Gasteiger partial charge in [0.1, 0.15) is 5.15 Å². The van der Waals surface area contributed by atoms with Crippen molar-refractivity contribution in [2.75, 3.05) is 5.32 Å². The van der Waals surface area contributed by atoms with Gasteiger partial charge in [-0.05, 0) is 50.8 Å². The third kappa shape index (κ3) is 4.44. The first-order valence-corrected chi connectivity index (χ1v) is 8.61.